The second kappa shape index (κ2) is 7.48. The molecule has 2 aromatic rings. The number of furan rings is 1. The lowest BCUT2D eigenvalue weighted by Gasteiger charge is -2.19. The molecule has 110 valence electrons. The van der Waals surface area contributed by atoms with Crippen LogP contribution in [0.1, 0.15) is 11.3 Å². The van der Waals surface area contributed by atoms with Crippen molar-refractivity contribution in [1.82, 2.24) is 4.90 Å². The van der Waals surface area contributed by atoms with Gasteiger partial charge in [0.05, 0.1) is 24.4 Å². The number of benzene rings is 1. The van der Waals surface area contributed by atoms with Crippen LogP contribution in [-0.4, -0.2) is 36.3 Å². The van der Waals surface area contributed by atoms with Gasteiger partial charge in [-0.15, -0.1) is 0 Å². The van der Waals surface area contributed by atoms with Crippen LogP contribution in [0.2, 0.25) is 0 Å². The van der Waals surface area contributed by atoms with Gasteiger partial charge in [-0.2, -0.15) is 5.26 Å². The Hall–Kier alpha value is -2.29. The topological polar surface area (TPSA) is 69.6 Å². The Morgan fingerprint density at radius 3 is 2.95 bits per heavy atom. The summed E-state index contributed by atoms with van der Waals surface area (Å²) in [6.45, 7) is 1.28. The minimum Gasteiger partial charge on any atom is -0.491 e. The summed E-state index contributed by atoms with van der Waals surface area (Å²) >= 11 is 0. The van der Waals surface area contributed by atoms with E-state index in [4.69, 9.17) is 14.4 Å². The van der Waals surface area contributed by atoms with E-state index in [0.29, 0.717) is 24.4 Å². The van der Waals surface area contributed by atoms with Crippen LogP contribution in [0.5, 0.6) is 5.75 Å². The quantitative estimate of drug-likeness (QED) is 0.843. The van der Waals surface area contributed by atoms with E-state index in [1.807, 2.05) is 24.1 Å². The summed E-state index contributed by atoms with van der Waals surface area (Å²) in [5.74, 6) is 1.44. The first-order valence-electron chi connectivity index (χ1n) is 6.69. The summed E-state index contributed by atoms with van der Waals surface area (Å²) in [5, 5.41) is 18.8. The minimum absolute atomic E-state index is 0.178. The first kappa shape index (κ1) is 15.1. The van der Waals surface area contributed by atoms with Crippen molar-refractivity contribution < 1.29 is 14.3 Å². The molecule has 0 aliphatic heterocycles. The summed E-state index contributed by atoms with van der Waals surface area (Å²) in [5.41, 5.74) is 0.539. The van der Waals surface area contributed by atoms with Crippen LogP contribution in [0.3, 0.4) is 0 Å². The van der Waals surface area contributed by atoms with Crippen molar-refractivity contribution in [2.45, 2.75) is 12.6 Å². The Morgan fingerprint density at radius 1 is 1.38 bits per heavy atom. The molecule has 2 rings (SSSR count). The van der Waals surface area contributed by atoms with Crippen LogP contribution in [0.4, 0.5) is 0 Å². The van der Waals surface area contributed by atoms with Crippen molar-refractivity contribution in [2.75, 3.05) is 20.2 Å². The molecule has 0 spiro atoms. The largest absolute Gasteiger partial charge is 0.491 e. The van der Waals surface area contributed by atoms with Crippen molar-refractivity contribution in [3.63, 3.8) is 0 Å². The lowest BCUT2D eigenvalue weighted by atomic mass is 10.2. The number of rotatable bonds is 7. The molecule has 1 atom stereocenters. The fourth-order valence-corrected chi connectivity index (χ4v) is 1.99. The number of nitriles is 1. The van der Waals surface area contributed by atoms with Gasteiger partial charge in [-0.05, 0) is 37.4 Å². The number of hydrogen-bond donors (Lipinski definition) is 1. The molecule has 0 fully saturated rings. The monoisotopic (exact) mass is 286 g/mol. The molecular formula is C16H18N2O3. The van der Waals surface area contributed by atoms with Crippen LogP contribution in [0, 0.1) is 11.3 Å². The second-order valence-electron chi connectivity index (χ2n) is 4.88. The molecule has 0 amide bonds. The molecule has 1 aromatic heterocycles. The summed E-state index contributed by atoms with van der Waals surface area (Å²) < 4.78 is 10.8. The molecule has 0 saturated heterocycles. The molecule has 0 saturated carbocycles. The van der Waals surface area contributed by atoms with Gasteiger partial charge >= 0.3 is 0 Å². The molecule has 1 aromatic carbocycles. The molecule has 0 aliphatic rings. The molecule has 1 heterocycles. The Kier molecular flexibility index (Phi) is 5.38. The van der Waals surface area contributed by atoms with Crippen molar-refractivity contribution in [3.05, 3.63) is 54.0 Å². The van der Waals surface area contributed by atoms with Crippen LogP contribution in [-0.2, 0) is 6.54 Å². The number of hydrogen-bond acceptors (Lipinski definition) is 5. The summed E-state index contributed by atoms with van der Waals surface area (Å²) in [7, 11) is 1.90. The third-order valence-electron chi connectivity index (χ3n) is 2.93. The molecule has 0 bridgehead atoms. The molecule has 5 nitrogen and oxygen atoms in total. The maximum absolute atomic E-state index is 9.97. The van der Waals surface area contributed by atoms with Crippen molar-refractivity contribution in [2.24, 2.45) is 0 Å². The zero-order valence-electron chi connectivity index (χ0n) is 11.9. The van der Waals surface area contributed by atoms with Gasteiger partial charge in [-0.3, -0.25) is 4.90 Å². The number of aliphatic hydroxyl groups excluding tert-OH is 1. The summed E-state index contributed by atoms with van der Waals surface area (Å²) in [4.78, 5) is 1.96. The van der Waals surface area contributed by atoms with Crippen LogP contribution >= 0.6 is 0 Å². The van der Waals surface area contributed by atoms with Crippen molar-refractivity contribution >= 4 is 0 Å². The predicted molar refractivity (Wildman–Crippen MR) is 77.7 cm³/mol. The summed E-state index contributed by atoms with van der Waals surface area (Å²) in [6, 6.07) is 12.7. The number of aliphatic hydroxyl groups is 1. The maximum atomic E-state index is 9.97. The Labute approximate surface area is 124 Å². The standard InChI is InChI=1S/C16H18N2O3/c1-18(11-16-6-3-7-20-16)10-14(19)12-21-15-5-2-4-13(8-15)9-17/h2-8,14,19H,10-12H2,1H3. The van der Waals surface area contributed by atoms with Gasteiger partial charge in [0.15, 0.2) is 0 Å². The van der Waals surface area contributed by atoms with Gasteiger partial charge in [0.25, 0.3) is 0 Å². The highest BCUT2D eigenvalue weighted by Crippen LogP contribution is 2.13. The van der Waals surface area contributed by atoms with Gasteiger partial charge in [0, 0.05) is 6.54 Å². The van der Waals surface area contributed by atoms with E-state index >= 15 is 0 Å². The average molecular weight is 286 g/mol. The van der Waals surface area contributed by atoms with E-state index in [-0.39, 0.29) is 6.61 Å². The van der Waals surface area contributed by atoms with Gasteiger partial charge in [0.1, 0.15) is 24.2 Å². The highest BCUT2D eigenvalue weighted by Gasteiger charge is 2.10. The van der Waals surface area contributed by atoms with E-state index < -0.39 is 6.10 Å². The molecule has 0 radical (unpaired) electrons. The van der Waals surface area contributed by atoms with Gasteiger partial charge < -0.3 is 14.3 Å². The lowest BCUT2D eigenvalue weighted by Crippen LogP contribution is -2.32. The molecule has 0 aliphatic carbocycles. The van der Waals surface area contributed by atoms with E-state index in [1.165, 1.54) is 0 Å². The first-order valence-corrected chi connectivity index (χ1v) is 6.69. The Bertz CT molecular complexity index is 590. The Morgan fingerprint density at radius 2 is 2.24 bits per heavy atom. The number of nitrogens with zero attached hydrogens (tertiary/aromatic N) is 2. The van der Waals surface area contributed by atoms with Crippen LogP contribution in [0.25, 0.3) is 0 Å². The lowest BCUT2D eigenvalue weighted by molar-refractivity contribution is 0.0725. The SMILES string of the molecule is CN(Cc1ccco1)CC(O)COc1cccc(C#N)c1. The molecule has 1 N–H and O–H groups in total. The van der Waals surface area contributed by atoms with E-state index in [1.54, 1.807) is 30.5 Å². The number of ether oxygens (including phenoxy) is 1. The van der Waals surface area contributed by atoms with Crippen molar-refractivity contribution in [3.8, 4) is 11.8 Å². The zero-order chi connectivity index (χ0) is 15.1. The van der Waals surface area contributed by atoms with Gasteiger partial charge in [-0.25, -0.2) is 0 Å². The molecule has 1 unspecified atom stereocenters. The number of likely N-dealkylation sites (N-methyl/N-ethyl adjacent to an activating group) is 1. The molecule has 5 heteroatoms. The Balaban J connectivity index is 1.76. The van der Waals surface area contributed by atoms with E-state index in [0.717, 1.165) is 5.76 Å². The van der Waals surface area contributed by atoms with Gasteiger partial charge in [0.2, 0.25) is 0 Å². The second-order valence-corrected chi connectivity index (χ2v) is 4.88. The van der Waals surface area contributed by atoms with E-state index in [9.17, 15) is 5.11 Å². The molecule has 21 heavy (non-hydrogen) atoms. The fraction of sp³-hybridized carbons (Fsp3) is 0.312. The first-order chi connectivity index (χ1) is 10.2. The molecular weight excluding hydrogens is 268 g/mol. The summed E-state index contributed by atoms with van der Waals surface area (Å²) in [6.07, 6.45) is 1.01. The van der Waals surface area contributed by atoms with Crippen molar-refractivity contribution in [1.29, 1.82) is 5.26 Å². The highest BCUT2D eigenvalue weighted by molar-refractivity contribution is 5.36. The highest BCUT2D eigenvalue weighted by atomic mass is 16.5. The predicted octanol–water partition coefficient (Wildman–Crippen LogP) is 2.02. The third-order valence-corrected chi connectivity index (χ3v) is 2.93. The van der Waals surface area contributed by atoms with Crippen LogP contribution in [0.15, 0.2) is 47.1 Å². The fourth-order valence-electron chi connectivity index (χ4n) is 1.99. The van der Waals surface area contributed by atoms with Crippen LogP contribution < -0.4 is 4.74 Å². The normalized spacial score (nSPS) is 12.1. The zero-order valence-corrected chi connectivity index (χ0v) is 11.9. The smallest absolute Gasteiger partial charge is 0.120 e. The van der Waals surface area contributed by atoms with Gasteiger partial charge in [-0.1, -0.05) is 6.07 Å². The third kappa shape index (κ3) is 4.95. The maximum Gasteiger partial charge on any atom is 0.120 e. The van der Waals surface area contributed by atoms with E-state index in [2.05, 4.69) is 6.07 Å². The minimum atomic E-state index is -0.615. The average Bonchev–Trinajstić information content (AvgIpc) is 2.98.